The van der Waals surface area contributed by atoms with Crippen molar-refractivity contribution in [1.82, 2.24) is 0 Å². The third kappa shape index (κ3) is 6.50. The van der Waals surface area contributed by atoms with Crippen LogP contribution in [0.5, 0.6) is 0 Å². The van der Waals surface area contributed by atoms with Gasteiger partial charge in [0.2, 0.25) is 0 Å². The first-order valence-electron chi connectivity index (χ1n) is 4.80. The van der Waals surface area contributed by atoms with Crippen molar-refractivity contribution in [3.63, 3.8) is 0 Å². The first-order chi connectivity index (χ1) is 7.10. The molecule has 0 amide bonds. The van der Waals surface area contributed by atoms with Crippen LogP contribution in [0.3, 0.4) is 0 Å². The van der Waals surface area contributed by atoms with E-state index in [0.717, 1.165) is 12.5 Å². The van der Waals surface area contributed by atoms with Gasteiger partial charge in [0.25, 0.3) is 0 Å². The van der Waals surface area contributed by atoms with E-state index in [2.05, 4.69) is 6.92 Å². The second-order valence-electron chi connectivity index (χ2n) is 3.07. The summed E-state index contributed by atoms with van der Waals surface area (Å²) in [5.74, 6) is 0. The Morgan fingerprint density at radius 1 is 1.20 bits per heavy atom. The van der Waals surface area contributed by atoms with Crippen LogP contribution in [0, 0.1) is 6.92 Å². The minimum absolute atomic E-state index is 0.195. The first-order valence-corrected chi connectivity index (χ1v) is 7.17. The second-order valence-corrected chi connectivity index (χ2v) is 6.78. The van der Waals surface area contributed by atoms with Gasteiger partial charge in [-0.2, -0.15) is 0 Å². The predicted octanol–water partition coefficient (Wildman–Crippen LogP) is 1.71. The summed E-state index contributed by atoms with van der Waals surface area (Å²) >= 11 is 5.63. The molecular formula is C9H20ClO4Si. The number of ether oxygens (including phenoxy) is 1. The molecule has 0 heterocycles. The quantitative estimate of drug-likeness (QED) is 0.357. The minimum Gasteiger partial charge on any atom is -0.380 e. The lowest BCUT2D eigenvalue weighted by atomic mass is 10.5. The summed E-state index contributed by atoms with van der Waals surface area (Å²) in [7, 11) is 2.38. The van der Waals surface area contributed by atoms with Crippen LogP contribution in [0.25, 0.3) is 0 Å². The van der Waals surface area contributed by atoms with E-state index in [9.17, 15) is 0 Å². The zero-order valence-electron chi connectivity index (χ0n) is 9.62. The molecule has 0 aromatic heterocycles. The summed E-state index contributed by atoms with van der Waals surface area (Å²) in [5, 5.41) is -0.195. The van der Waals surface area contributed by atoms with Crippen molar-refractivity contribution in [3.05, 3.63) is 6.92 Å². The fourth-order valence-electron chi connectivity index (χ4n) is 1.16. The maximum Gasteiger partial charge on any atom is 0.500 e. The normalized spacial score (nSPS) is 14.2. The van der Waals surface area contributed by atoms with Gasteiger partial charge < -0.3 is 18.0 Å². The smallest absolute Gasteiger partial charge is 0.380 e. The van der Waals surface area contributed by atoms with Crippen LogP contribution >= 0.6 is 11.6 Å². The molecule has 0 saturated carbocycles. The highest BCUT2D eigenvalue weighted by atomic mass is 35.5. The minimum atomic E-state index is -2.42. The van der Waals surface area contributed by atoms with Crippen molar-refractivity contribution < 1.29 is 18.0 Å². The Morgan fingerprint density at radius 3 is 2.13 bits per heavy atom. The zero-order chi connectivity index (χ0) is 11.7. The largest absolute Gasteiger partial charge is 0.500 e. The average molecular weight is 256 g/mol. The van der Waals surface area contributed by atoms with Crippen LogP contribution in [0.15, 0.2) is 0 Å². The van der Waals surface area contributed by atoms with Gasteiger partial charge in [0.15, 0.2) is 0 Å². The number of halogens is 1. The maximum atomic E-state index is 5.63. The van der Waals surface area contributed by atoms with Gasteiger partial charge in [-0.05, 0) is 13.3 Å². The lowest BCUT2D eigenvalue weighted by Crippen LogP contribution is -2.42. The highest BCUT2D eigenvalue weighted by Gasteiger charge is 2.36. The molecule has 0 fully saturated rings. The van der Waals surface area contributed by atoms with Crippen LogP contribution in [0.4, 0.5) is 0 Å². The molecule has 0 aromatic rings. The molecule has 15 heavy (non-hydrogen) atoms. The van der Waals surface area contributed by atoms with E-state index >= 15 is 0 Å². The van der Waals surface area contributed by atoms with Gasteiger partial charge in [-0.25, -0.2) is 0 Å². The molecule has 0 aromatic carbocycles. The fraction of sp³-hybridized carbons (Fsp3) is 0.889. The third-order valence-electron chi connectivity index (χ3n) is 2.00. The molecule has 91 valence electrons. The molecular weight excluding hydrogens is 236 g/mol. The topological polar surface area (TPSA) is 36.9 Å². The Labute approximate surface area is 98.2 Å². The molecule has 0 spiro atoms. The molecule has 0 N–H and O–H groups in total. The fourth-order valence-corrected chi connectivity index (χ4v) is 2.94. The van der Waals surface area contributed by atoms with E-state index in [4.69, 9.17) is 29.6 Å². The molecule has 0 bridgehead atoms. The van der Waals surface area contributed by atoms with Gasteiger partial charge in [0.1, 0.15) is 0 Å². The second kappa shape index (κ2) is 8.49. The Balaban J connectivity index is 3.63. The van der Waals surface area contributed by atoms with Gasteiger partial charge in [0.05, 0.1) is 12.0 Å². The molecule has 6 heteroatoms. The van der Waals surface area contributed by atoms with Crippen LogP contribution in [0.1, 0.15) is 6.42 Å². The molecule has 1 atom stereocenters. The summed E-state index contributed by atoms with van der Waals surface area (Å²) in [5.41, 5.74) is 0. The van der Waals surface area contributed by atoms with E-state index in [1.165, 1.54) is 0 Å². The lowest BCUT2D eigenvalue weighted by Gasteiger charge is -2.24. The summed E-state index contributed by atoms with van der Waals surface area (Å²) in [4.78, 5) is 0. The van der Waals surface area contributed by atoms with Crippen molar-refractivity contribution in [1.29, 1.82) is 0 Å². The Hall–Kier alpha value is 0.347. The lowest BCUT2D eigenvalue weighted by molar-refractivity contribution is 0.109. The van der Waals surface area contributed by atoms with Crippen molar-refractivity contribution in [2.45, 2.75) is 17.8 Å². The highest BCUT2D eigenvalue weighted by Crippen LogP contribution is 2.14. The standard InChI is InChI=1S/C9H20ClO4Si/c1-9(10)8-14-6-5-7-15(11-2,12-3)13-4/h9H,1,5-8H2,2-4H3. The van der Waals surface area contributed by atoms with Gasteiger partial charge >= 0.3 is 8.80 Å². The number of hydrogen-bond donors (Lipinski definition) is 0. The predicted molar refractivity (Wildman–Crippen MR) is 62.0 cm³/mol. The molecule has 0 rings (SSSR count). The van der Waals surface area contributed by atoms with E-state index in [1.54, 1.807) is 21.3 Å². The Bertz CT molecular complexity index is 145. The molecule has 0 aliphatic carbocycles. The van der Waals surface area contributed by atoms with Crippen LogP contribution in [0.2, 0.25) is 6.04 Å². The molecule has 1 radical (unpaired) electrons. The maximum absolute atomic E-state index is 5.63. The summed E-state index contributed by atoms with van der Waals surface area (Å²) in [6.07, 6.45) is 0.825. The first kappa shape index (κ1) is 15.3. The Morgan fingerprint density at radius 2 is 1.73 bits per heavy atom. The molecule has 0 aliphatic heterocycles. The summed E-state index contributed by atoms with van der Waals surface area (Å²) in [6.45, 7) is 4.68. The highest BCUT2D eigenvalue weighted by molar-refractivity contribution is 6.60. The van der Waals surface area contributed by atoms with E-state index in [0.29, 0.717) is 13.2 Å². The van der Waals surface area contributed by atoms with Crippen LogP contribution in [-0.2, 0) is 18.0 Å². The molecule has 0 aliphatic rings. The number of hydrogen-bond acceptors (Lipinski definition) is 4. The van der Waals surface area contributed by atoms with Crippen LogP contribution < -0.4 is 0 Å². The monoisotopic (exact) mass is 255 g/mol. The Kier molecular flexibility index (Phi) is 8.69. The van der Waals surface area contributed by atoms with Gasteiger partial charge in [-0.15, -0.1) is 11.6 Å². The average Bonchev–Trinajstić information content (AvgIpc) is 2.24. The van der Waals surface area contributed by atoms with Crippen molar-refractivity contribution >= 4 is 20.4 Å². The number of rotatable bonds is 9. The van der Waals surface area contributed by atoms with E-state index < -0.39 is 8.80 Å². The van der Waals surface area contributed by atoms with E-state index in [1.807, 2.05) is 0 Å². The SMILES string of the molecule is [CH2]C(Cl)COCCC[Si](OC)(OC)OC. The zero-order valence-corrected chi connectivity index (χ0v) is 11.4. The van der Waals surface area contributed by atoms with Crippen molar-refractivity contribution in [2.24, 2.45) is 0 Å². The third-order valence-corrected chi connectivity index (χ3v) is 4.96. The molecule has 4 nitrogen and oxygen atoms in total. The van der Waals surface area contributed by atoms with Gasteiger partial charge in [0, 0.05) is 34.0 Å². The molecule has 1 unspecified atom stereocenters. The van der Waals surface area contributed by atoms with Crippen molar-refractivity contribution in [3.8, 4) is 0 Å². The van der Waals surface area contributed by atoms with Gasteiger partial charge in [-0.1, -0.05) is 0 Å². The summed E-state index contributed by atoms with van der Waals surface area (Å²) < 4.78 is 21.1. The van der Waals surface area contributed by atoms with Gasteiger partial charge in [-0.3, -0.25) is 0 Å². The number of alkyl halides is 1. The molecule has 0 saturated heterocycles. The van der Waals surface area contributed by atoms with E-state index in [-0.39, 0.29) is 5.38 Å². The summed E-state index contributed by atoms with van der Waals surface area (Å²) in [6, 6.07) is 0.737. The van der Waals surface area contributed by atoms with Crippen molar-refractivity contribution in [2.75, 3.05) is 34.5 Å². The van der Waals surface area contributed by atoms with Crippen LogP contribution in [-0.4, -0.2) is 48.7 Å².